The van der Waals surface area contributed by atoms with E-state index in [-0.39, 0.29) is 11.7 Å². The van der Waals surface area contributed by atoms with Crippen molar-refractivity contribution in [2.45, 2.75) is 12.8 Å². The number of anilines is 2. The zero-order valence-electron chi connectivity index (χ0n) is 15.7. The van der Waals surface area contributed by atoms with Gasteiger partial charge in [0.05, 0.1) is 11.4 Å². The molecule has 0 saturated carbocycles. The molecule has 4 rings (SSSR count). The number of carbonyl (C=O) groups is 1. The molecule has 7 heteroatoms. The quantitative estimate of drug-likeness (QED) is 0.821. The van der Waals surface area contributed by atoms with Crippen LogP contribution in [-0.4, -0.2) is 49.7 Å². The molecular weight excluding hydrogens is 362 g/mol. The van der Waals surface area contributed by atoms with Crippen molar-refractivity contribution in [3.63, 3.8) is 0 Å². The second-order valence-electron chi connectivity index (χ2n) is 7.03. The maximum Gasteiger partial charge on any atom is 0.237 e. The van der Waals surface area contributed by atoms with Crippen molar-refractivity contribution in [1.29, 1.82) is 0 Å². The first kappa shape index (κ1) is 18.6. The summed E-state index contributed by atoms with van der Waals surface area (Å²) in [4.78, 5) is 20.8. The number of carbonyl (C=O) groups excluding carboxylic acids is 1. The van der Waals surface area contributed by atoms with Gasteiger partial charge in [0, 0.05) is 44.1 Å². The zero-order valence-corrected chi connectivity index (χ0v) is 15.7. The van der Waals surface area contributed by atoms with Gasteiger partial charge in [-0.3, -0.25) is 9.79 Å². The van der Waals surface area contributed by atoms with Crippen LogP contribution in [-0.2, 0) is 4.79 Å². The summed E-state index contributed by atoms with van der Waals surface area (Å²) in [5.41, 5.74) is 2.14. The van der Waals surface area contributed by atoms with Crippen molar-refractivity contribution in [2.75, 3.05) is 42.9 Å². The molecule has 2 aromatic rings. The predicted molar refractivity (Wildman–Crippen MR) is 107 cm³/mol. The molecule has 1 amide bonds. The molecule has 28 heavy (non-hydrogen) atoms. The molecule has 1 saturated heterocycles. The summed E-state index contributed by atoms with van der Waals surface area (Å²) in [7, 11) is 0. The minimum absolute atomic E-state index is 0.268. The van der Waals surface area contributed by atoms with Crippen molar-refractivity contribution in [1.82, 2.24) is 4.90 Å². The van der Waals surface area contributed by atoms with Gasteiger partial charge >= 0.3 is 0 Å². The van der Waals surface area contributed by atoms with Crippen LogP contribution in [0.4, 0.5) is 25.8 Å². The van der Waals surface area contributed by atoms with Gasteiger partial charge in [0.25, 0.3) is 0 Å². The highest BCUT2D eigenvalue weighted by molar-refractivity contribution is 6.12. The molecule has 1 atom stereocenters. The van der Waals surface area contributed by atoms with E-state index in [1.165, 1.54) is 24.4 Å². The van der Waals surface area contributed by atoms with Gasteiger partial charge < -0.3 is 15.1 Å². The number of fused-ring (bicyclic) bond motifs is 1. The Morgan fingerprint density at radius 2 is 1.93 bits per heavy atom. The van der Waals surface area contributed by atoms with E-state index in [0.717, 1.165) is 32.7 Å². The lowest BCUT2D eigenvalue weighted by molar-refractivity contribution is -0.115. The lowest BCUT2D eigenvalue weighted by Gasteiger charge is -2.35. The van der Waals surface area contributed by atoms with Crippen LogP contribution in [0.3, 0.4) is 0 Å². The van der Waals surface area contributed by atoms with E-state index in [1.54, 1.807) is 18.2 Å². The van der Waals surface area contributed by atoms with Gasteiger partial charge in [-0.1, -0.05) is 13.0 Å². The van der Waals surface area contributed by atoms with Gasteiger partial charge in [0.2, 0.25) is 5.91 Å². The number of nitrogens with one attached hydrogen (secondary N) is 1. The molecule has 5 nitrogen and oxygen atoms in total. The van der Waals surface area contributed by atoms with E-state index in [1.807, 2.05) is 4.90 Å². The summed E-state index contributed by atoms with van der Waals surface area (Å²) in [6.45, 7) is 6.57. The van der Waals surface area contributed by atoms with Crippen molar-refractivity contribution in [3.05, 3.63) is 53.6 Å². The first-order valence-corrected chi connectivity index (χ1v) is 9.46. The van der Waals surface area contributed by atoms with Crippen LogP contribution in [0, 0.1) is 11.6 Å². The first-order chi connectivity index (χ1) is 13.5. The Morgan fingerprint density at radius 3 is 2.64 bits per heavy atom. The zero-order chi connectivity index (χ0) is 19.7. The summed E-state index contributed by atoms with van der Waals surface area (Å²) < 4.78 is 27.9. The van der Waals surface area contributed by atoms with Crippen LogP contribution in [0.1, 0.15) is 18.4 Å². The summed E-state index contributed by atoms with van der Waals surface area (Å²) in [6, 6.07) is 9.04. The van der Waals surface area contributed by atoms with Gasteiger partial charge in [0.15, 0.2) is 0 Å². The Hall–Kier alpha value is -2.80. The normalized spacial score (nSPS) is 19.9. The van der Waals surface area contributed by atoms with Crippen LogP contribution < -0.4 is 10.2 Å². The van der Waals surface area contributed by atoms with Gasteiger partial charge in [-0.15, -0.1) is 0 Å². The van der Waals surface area contributed by atoms with Crippen LogP contribution >= 0.6 is 0 Å². The smallest absolute Gasteiger partial charge is 0.237 e. The second-order valence-corrected chi connectivity index (χ2v) is 7.03. The molecular formula is C21H22F2N4O. The average Bonchev–Trinajstić information content (AvgIpc) is 3.00. The number of piperazine rings is 1. The number of hydrogen-bond acceptors (Lipinski definition) is 4. The predicted octanol–water partition coefficient (Wildman–Crippen LogP) is 3.54. The SMILES string of the molecule is CCN1CCN(c2ccc(N=CC3C(=O)Nc4cc(F)ccc43)cc2F)CC1. The number of aliphatic imine (C=N–C) groups is 1. The number of nitrogens with zero attached hydrogens (tertiary/aromatic N) is 3. The molecule has 0 aromatic heterocycles. The molecule has 2 aliphatic heterocycles. The van der Waals surface area contributed by atoms with E-state index in [4.69, 9.17) is 0 Å². The van der Waals surface area contributed by atoms with Gasteiger partial charge in [-0.2, -0.15) is 0 Å². The highest BCUT2D eigenvalue weighted by atomic mass is 19.1. The highest BCUT2D eigenvalue weighted by Gasteiger charge is 2.29. The lowest BCUT2D eigenvalue weighted by atomic mass is 10.0. The fourth-order valence-electron chi connectivity index (χ4n) is 3.71. The van der Waals surface area contributed by atoms with Crippen LogP contribution in [0.2, 0.25) is 0 Å². The minimum atomic E-state index is -0.611. The maximum atomic E-state index is 14.6. The third kappa shape index (κ3) is 3.62. The summed E-state index contributed by atoms with van der Waals surface area (Å²) >= 11 is 0. The van der Waals surface area contributed by atoms with Crippen molar-refractivity contribution in [3.8, 4) is 0 Å². The Labute approximate surface area is 162 Å². The molecule has 0 bridgehead atoms. The number of rotatable bonds is 4. The van der Waals surface area contributed by atoms with E-state index in [2.05, 4.69) is 22.1 Å². The molecule has 1 N–H and O–H groups in total. The Kier molecular flexibility index (Phi) is 5.09. The molecule has 2 aliphatic rings. The standard InChI is InChI=1S/C21H22F2N4O/c1-2-26-7-9-27(10-8-26)20-6-4-15(12-18(20)23)24-13-17-16-5-3-14(22)11-19(16)25-21(17)28/h3-6,11-13,17H,2,7-10H2,1H3,(H,25,28). The number of benzene rings is 2. The van der Waals surface area contributed by atoms with E-state index in [9.17, 15) is 13.6 Å². The maximum absolute atomic E-state index is 14.6. The number of likely N-dealkylation sites (N-methyl/N-ethyl adjacent to an activating group) is 1. The lowest BCUT2D eigenvalue weighted by Crippen LogP contribution is -2.46. The van der Waals surface area contributed by atoms with Crippen molar-refractivity contribution >= 4 is 29.2 Å². The topological polar surface area (TPSA) is 47.9 Å². The molecule has 0 aliphatic carbocycles. The van der Waals surface area contributed by atoms with Gasteiger partial charge in [-0.05, 0) is 36.4 Å². The molecule has 1 fully saturated rings. The largest absolute Gasteiger partial charge is 0.367 e. The minimum Gasteiger partial charge on any atom is -0.367 e. The van der Waals surface area contributed by atoms with Crippen molar-refractivity contribution in [2.24, 2.45) is 4.99 Å². The Bertz CT molecular complexity index is 923. The van der Waals surface area contributed by atoms with Crippen LogP contribution in [0.5, 0.6) is 0 Å². The summed E-state index contributed by atoms with van der Waals surface area (Å²) in [6.07, 6.45) is 1.48. The van der Waals surface area contributed by atoms with Gasteiger partial charge in [-0.25, -0.2) is 8.78 Å². The van der Waals surface area contributed by atoms with E-state index < -0.39 is 11.7 Å². The molecule has 0 radical (unpaired) electrons. The molecule has 2 aromatic carbocycles. The first-order valence-electron chi connectivity index (χ1n) is 9.46. The Morgan fingerprint density at radius 1 is 1.14 bits per heavy atom. The third-order valence-electron chi connectivity index (χ3n) is 5.35. The monoisotopic (exact) mass is 384 g/mol. The number of amides is 1. The fourth-order valence-corrected chi connectivity index (χ4v) is 3.71. The molecule has 1 unspecified atom stereocenters. The van der Waals surface area contributed by atoms with E-state index >= 15 is 0 Å². The summed E-state index contributed by atoms with van der Waals surface area (Å²) in [5.74, 6) is -1.61. The van der Waals surface area contributed by atoms with Gasteiger partial charge in [0.1, 0.15) is 17.6 Å². The third-order valence-corrected chi connectivity index (χ3v) is 5.35. The van der Waals surface area contributed by atoms with Crippen LogP contribution in [0.15, 0.2) is 41.4 Å². The van der Waals surface area contributed by atoms with Crippen molar-refractivity contribution < 1.29 is 13.6 Å². The molecule has 0 spiro atoms. The second kappa shape index (κ2) is 7.67. The number of halogens is 2. The molecule has 146 valence electrons. The van der Waals surface area contributed by atoms with E-state index in [0.29, 0.717) is 22.6 Å². The molecule has 2 heterocycles. The highest BCUT2D eigenvalue weighted by Crippen LogP contribution is 2.32. The fraction of sp³-hybridized carbons (Fsp3) is 0.333. The Balaban J connectivity index is 1.49. The van der Waals surface area contributed by atoms with Crippen LogP contribution in [0.25, 0.3) is 0 Å². The summed E-state index contributed by atoms with van der Waals surface area (Å²) in [5, 5.41) is 2.64. The number of hydrogen-bond donors (Lipinski definition) is 1. The average molecular weight is 384 g/mol.